The van der Waals surface area contributed by atoms with Crippen molar-refractivity contribution in [1.29, 1.82) is 0 Å². The van der Waals surface area contributed by atoms with Crippen LogP contribution >= 0.6 is 0 Å². The van der Waals surface area contributed by atoms with Crippen molar-refractivity contribution in [2.24, 2.45) is 5.10 Å². The van der Waals surface area contributed by atoms with E-state index in [0.717, 1.165) is 16.3 Å². The molecule has 4 nitrogen and oxygen atoms in total. The van der Waals surface area contributed by atoms with E-state index in [-0.39, 0.29) is 16.7 Å². The van der Waals surface area contributed by atoms with Gasteiger partial charge in [0.1, 0.15) is 5.75 Å². The van der Waals surface area contributed by atoms with Gasteiger partial charge in [-0.1, -0.05) is 69.3 Å². The lowest BCUT2D eigenvalue weighted by atomic mass is 9.86. The molecule has 2 N–H and O–H groups in total. The minimum Gasteiger partial charge on any atom is -0.507 e. The zero-order chi connectivity index (χ0) is 19.6. The van der Waals surface area contributed by atoms with Crippen LogP contribution in [0.2, 0.25) is 0 Å². The van der Waals surface area contributed by atoms with Gasteiger partial charge in [0.05, 0.1) is 11.3 Å². The summed E-state index contributed by atoms with van der Waals surface area (Å²) < 4.78 is 0. The molecule has 0 saturated heterocycles. The number of carbonyl (C=O) groups is 1. The molecule has 0 radical (unpaired) electrons. The fourth-order valence-electron chi connectivity index (χ4n) is 2.88. The number of phenols is 1. The van der Waals surface area contributed by atoms with E-state index in [1.807, 2.05) is 43.3 Å². The molecule has 0 heterocycles. The van der Waals surface area contributed by atoms with Gasteiger partial charge in [-0.25, -0.2) is 5.43 Å². The van der Waals surface area contributed by atoms with Crippen LogP contribution in [0, 0.1) is 0 Å². The van der Waals surface area contributed by atoms with Gasteiger partial charge >= 0.3 is 0 Å². The maximum Gasteiger partial charge on any atom is 0.275 e. The van der Waals surface area contributed by atoms with Crippen molar-refractivity contribution < 1.29 is 9.90 Å². The zero-order valence-electron chi connectivity index (χ0n) is 16.1. The van der Waals surface area contributed by atoms with E-state index in [9.17, 15) is 9.90 Å². The number of hydrogen-bond acceptors (Lipinski definition) is 3. The number of fused-ring (bicyclic) bond motifs is 1. The van der Waals surface area contributed by atoms with E-state index < -0.39 is 5.91 Å². The van der Waals surface area contributed by atoms with Gasteiger partial charge in [-0.3, -0.25) is 4.79 Å². The van der Waals surface area contributed by atoms with Gasteiger partial charge < -0.3 is 5.11 Å². The van der Waals surface area contributed by atoms with Gasteiger partial charge in [0.25, 0.3) is 5.91 Å². The summed E-state index contributed by atoms with van der Waals surface area (Å²) in [6.07, 6.45) is 0. The molecule has 0 spiro atoms. The Morgan fingerprint density at radius 1 is 0.963 bits per heavy atom. The molecule has 0 unspecified atom stereocenters. The van der Waals surface area contributed by atoms with Crippen LogP contribution in [-0.4, -0.2) is 16.7 Å². The Labute approximate surface area is 159 Å². The molecule has 0 aromatic heterocycles. The molecular weight excluding hydrogens is 336 g/mol. The molecule has 3 aromatic carbocycles. The average Bonchev–Trinajstić information content (AvgIpc) is 2.64. The Hall–Kier alpha value is -3.14. The zero-order valence-corrected chi connectivity index (χ0v) is 16.1. The molecule has 27 heavy (non-hydrogen) atoms. The van der Waals surface area contributed by atoms with E-state index in [2.05, 4.69) is 43.4 Å². The number of nitrogens with one attached hydrogen (secondary N) is 1. The highest BCUT2D eigenvalue weighted by molar-refractivity contribution is 6.03. The number of benzene rings is 3. The normalized spacial score (nSPS) is 12.2. The van der Waals surface area contributed by atoms with Crippen molar-refractivity contribution in [3.05, 3.63) is 77.4 Å². The van der Waals surface area contributed by atoms with Crippen LogP contribution < -0.4 is 5.43 Å². The Morgan fingerprint density at radius 2 is 1.56 bits per heavy atom. The maximum absolute atomic E-state index is 12.5. The monoisotopic (exact) mass is 360 g/mol. The minimum absolute atomic E-state index is 0.0615. The SMILES string of the molecule is C/C(=N/NC(=O)c1cc2ccccc2cc1O)c1ccc(C(C)(C)C)cc1. The van der Waals surface area contributed by atoms with Gasteiger partial charge in [-0.2, -0.15) is 5.10 Å². The highest BCUT2D eigenvalue weighted by Gasteiger charge is 2.14. The largest absolute Gasteiger partial charge is 0.507 e. The lowest BCUT2D eigenvalue weighted by Gasteiger charge is -2.19. The van der Waals surface area contributed by atoms with Crippen molar-refractivity contribution in [3.63, 3.8) is 0 Å². The molecule has 0 aliphatic heterocycles. The number of nitrogens with zero attached hydrogens (tertiary/aromatic N) is 1. The molecular formula is C23H24N2O2. The van der Waals surface area contributed by atoms with Crippen molar-refractivity contribution in [3.8, 4) is 5.75 Å². The summed E-state index contributed by atoms with van der Waals surface area (Å²) in [7, 11) is 0. The van der Waals surface area contributed by atoms with Crippen LogP contribution in [-0.2, 0) is 5.41 Å². The molecule has 3 rings (SSSR count). The standard InChI is InChI=1S/C23H24N2O2/c1-15(16-9-11-19(12-10-16)23(2,3)4)24-25-22(27)20-13-17-7-5-6-8-18(17)14-21(20)26/h5-14,26H,1-4H3,(H,25,27)/b24-15-. The Balaban J connectivity index is 1.79. The number of hydrogen-bond donors (Lipinski definition) is 2. The summed E-state index contributed by atoms with van der Waals surface area (Å²) in [6, 6.07) is 19.0. The molecule has 4 heteroatoms. The molecule has 0 bridgehead atoms. The van der Waals surface area contributed by atoms with Crippen LogP contribution in [0.15, 0.2) is 65.8 Å². The first kappa shape index (κ1) is 18.6. The number of hydrazone groups is 1. The lowest BCUT2D eigenvalue weighted by Crippen LogP contribution is -2.19. The third-order valence-corrected chi connectivity index (χ3v) is 4.60. The second kappa shape index (κ2) is 7.23. The first-order valence-corrected chi connectivity index (χ1v) is 8.93. The fraction of sp³-hybridized carbons (Fsp3) is 0.217. The van der Waals surface area contributed by atoms with E-state index in [1.54, 1.807) is 12.1 Å². The van der Waals surface area contributed by atoms with Crippen molar-refractivity contribution in [2.75, 3.05) is 0 Å². The molecule has 138 valence electrons. The van der Waals surface area contributed by atoms with Crippen molar-refractivity contribution in [1.82, 2.24) is 5.43 Å². The van der Waals surface area contributed by atoms with E-state index >= 15 is 0 Å². The highest BCUT2D eigenvalue weighted by Crippen LogP contribution is 2.25. The van der Waals surface area contributed by atoms with Gasteiger partial charge in [0, 0.05) is 0 Å². The molecule has 0 aliphatic carbocycles. The number of carbonyl (C=O) groups excluding carboxylic acids is 1. The van der Waals surface area contributed by atoms with Crippen LogP contribution in [0.1, 0.15) is 49.2 Å². The Bertz CT molecular complexity index is 1010. The first-order valence-electron chi connectivity index (χ1n) is 8.93. The van der Waals surface area contributed by atoms with Crippen LogP contribution in [0.25, 0.3) is 10.8 Å². The van der Waals surface area contributed by atoms with Gasteiger partial charge in [0.15, 0.2) is 0 Å². The molecule has 1 amide bonds. The molecule has 0 fully saturated rings. The van der Waals surface area contributed by atoms with Crippen LogP contribution in [0.4, 0.5) is 0 Å². The predicted octanol–water partition coefficient (Wildman–Crippen LogP) is 5.00. The van der Waals surface area contributed by atoms with Crippen LogP contribution in [0.5, 0.6) is 5.75 Å². The van der Waals surface area contributed by atoms with E-state index in [1.165, 1.54) is 5.56 Å². The number of rotatable bonds is 3. The van der Waals surface area contributed by atoms with Crippen molar-refractivity contribution in [2.45, 2.75) is 33.1 Å². The fourth-order valence-corrected chi connectivity index (χ4v) is 2.88. The summed E-state index contributed by atoms with van der Waals surface area (Å²) in [5.74, 6) is -0.502. The third kappa shape index (κ3) is 4.17. The lowest BCUT2D eigenvalue weighted by molar-refractivity contribution is 0.0952. The second-order valence-corrected chi connectivity index (χ2v) is 7.68. The van der Waals surface area contributed by atoms with Gasteiger partial charge in [-0.05, 0) is 46.4 Å². The van der Waals surface area contributed by atoms with Crippen molar-refractivity contribution >= 4 is 22.4 Å². The van der Waals surface area contributed by atoms with Crippen LogP contribution in [0.3, 0.4) is 0 Å². The van der Waals surface area contributed by atoms with E-state index in [4.69, 9.17) is 0 Å². The molecule has 0 saturated carbocycles. The number of phenolic OH excluding ortho intramolecular Hbond substituents is 1. The predicted molar refractivity (Wildman–Crippen MR) is 110 cm³/mol. The van der Waals surface area contributed by atoms with E-state index in [0.29, 0.717) is 5.71 Å². The first-order chi connectivity index (χ1) is 12.8. The summed E-state index contributed by atoms with van der Waals surface area (Å²) in [5.41, 5.74) is 5.70. The second-order valence-electron chi connectivity index (χ2n) is 7.68. The smallest absolute Gasteiger partial charge is 0.275 e. The summed E-state index contributed by atoms with van der Waals surface area (Å²) >= 11 is 0. The highest BCUT2D eigenvalue weighted by atomic mass is 16.3. The quantitative estimate of drug-likeness (QED) is 0.510. The maximum atomic E-state index is 12.5. The summed E-state index contributed by atoms with van der Waals surface area (Å²) in [4.78, 5) is 12.5. The third-order valence-electron chi connectivity index (χ3n) is 4.60. The molecule has 0 aliphatic rings. The number of amides is 1. The molecule has 0 atom stereocenters. The summed E-state index contributed by atoms with van der Waals surface area (Å²) in [6.45, 7) is 8.34. The van der Waals surface area contributed by atoms with Gasteiger partial charge in [0.2, 0.25) is 0 Å². The Morgan fingerprint density at radius 3 is 2.15 bits per heavy atom. The summed E-state index contributed by atoms with van der Waals surface area (Å²) in [5, 5.41) is 16.1. The topological polar surface area (TPSA) is 61.7 Å². The Kier molecular flexibility index (Phi) is 5.00. The average molecular weight is 360 g/mol. The molecule has 3 aromatic rings. The number of aromatic hydroxyl groups is 1. The minimum atomic E-state index is -0.441. The van der Waals surface area contributed by atoms with Gasteiger partial charge in [-0.15, -0.1) is 0 Å².